The molecule has 0 aromatic carbocycles. The minimum Gasteiger partial charge on any atom is -0.353 e. The zero-order valence-electron chi connectivity index (χ0n) is 30.2. The lowest BCUT2D eigenvalue weighted by atomic mass is 9.50. The van der Waals surface area contributed by atoms with Gasteiger partial charge in [0.25, 0.3) is 0 Å². The van der Waals surface area contributed by atoms with Crippen LogP contribution in [0.15, 0.2) is 36.7 Å². The Morgan fingerprint density at radius 2 is 1.04 bits per heavy atom. The second-order valence-corrected chi connectivity index (χ2v) is 13.8. The normalized spacial score (nSPS) is 17.3. The number of aromatic nitrogens is 2. The van der Waals surface area contributed by atoms with Gasteiger partial charge in [-0.05, 0) is 34.9 Å². The Balaban J connectivity index is 0.000000730. The molecule has 0 bridgehead atoms. The SMILES string of the molecule is COC1(OC)CC(C(C)(C)C)C1.COC1(OC)CC(c2cc(C(F)(F)F)ccn2)(C(C)(C)C)C1.Fc1cc(C(F)(F)F)ccn1.O=C=O.O=C=O. The zero-order chi connectivity index (χ0) is 40.1. The number of pyridine rings is 2. The van der Waals surface area contributed by atoms with Crippen molar-refractivity contribution < 1.29 is 68.9 Å². The Morgan fingerprint density at radius 3 is 1.33 bits per heavy atom. The molecular weight excluding hydrogens is 697 g/mol. The first-order valence-corrected chi connectivity index (χ1v) is 15.2. The van der Waals surface area contributed by atoms with Crippen LogP contribution in [0.5, 0.6) is 0 Å². The van der Waals surface area contributed by atoms with E-state index in [1.807, 2.05) is 20.8 Å². The number of carbonyl (C=O) groups excluding carboxylic acids is 4. The number of hydrogen-bond donors (Lipinski definition) is 0. The molecule has 0 atom stereocenters. The van der Waals surface area contributed by atoms with Crippen LogP contribution in [0.4, 0.5) is 30.7 Å². The maximum Gasteiger partial charge on any atom is 0.416 e. The fraction of sp³-hybridized carbons (Fsp3) is 0.647. The third kappa shape index (κ3) is 13.2. The summed E-state index contributed by atoms with van der Waals surface area (Å²) in [5.74, 6) is -1.40. The summed E-state index contributed by atoms with van der Waals surface area (Å²) in [7, 11) is 6.55. The molecule has 0 unspecified atom stereocenters. The van der Waals surface area contributed by atoms with Gasteiger partial charge in [-0.1, -0.05) is 41.5 Å². The molecule has 2 aliphatic carbocycles. The number of rotatable bonds is 5. The summed E-state index contributed by atoms with van der Waals surface area (Å²) < 4.78 is 108. The first-order chi connectivity index (χ1) is 23.3. The summed E-state index contributed by atoms with van der Waals surface area (Å²) in [6.45, 7) is 12.8. The maximum atomic E-state index is 13.0. The van der Waals surface area contributed by atoms with Gasteiger partial charge < -0.3 is 18.9 Å². The Kier molecular flexibility index (Phi) is 17.4. The van der Waals surface area contributed by atoms with Gasteiger partial charge in [-0.2, -0.15) is 49.9 Å². The molecule has 2 heterocycles. The molecule has 2 saturated carbocycles. The number of hydrogen-bond acceptors (Lipinski definition) is 10. The Hall–Kier alpha value is -3.59. The van der Waals surface area contributed by atoms with E-state index in [-0.39, 0.29) is 23.5 Å². The van der Waals surface area contributed by atoms with E-state index >= 15 is 0 Å². The largest absolute Gasteiger partial charge is 0.416 e. The van der Waals surface area contributed by atoms with Crippen molar-refractivity contribution in [2.75, 3.05) is 28.4 Å². The molecule has 0 spiro atoms. The molecule has 0 aliphatic heterocycles. The summed E-state index contributed by atoms with van der Waals surface area (Å²) in [4.78, 5) is 39.7. The first-order valence-electron chi connectivity index (χ1n) is 15.2. The molecule has 0 saturated heterocycles. The van der Waals surface area contributed by atoms with E-state index in [4.69, 9.17) is 38.1 Å². The fourth-order valence-corrected chi connectivity index (χ4v) is 5.50. The van der Waals surface area contributed by atoms with Gasteiger partial charge in [0.2, 0.25) is 5.95 Å². The van der Waals surface area contributed by atoms with Crippen LogP contribution < -0.4 is 0 Å². The van der Waals surface area contributed by atoms with Gasteiger partial charge in [0, 0.05) is 83.7 Å². The molecule has 288 valence electrons. The highest BCUT2D eigenvalue weighted by Crippen LogP contribution is 2.60. The van der Waals surface area contributed by atoms with Gasteiger partial charge in [-0.15, -0.1) is 0 Å². The lowest BCUT2D eigenvalue weighted by Gasteiger charge is -2.59. The first kappa shape index (κ1) is 47.4. The predicted molar refractivity (Wildman–Crippen MR) is 164 cm³/mol. The molecule has 0 radical (unpaired) electrons. The number of ether oxygens (including phenoxy) is 4. The fourth-order valence-electron chi connectivity index (χ4n) is 5.50. The van der Waals surface area contributed by atoms with Crippen molar-refractivity contribution in [3.63, 3.8) is 0 Å². The molecule has 2 aliphatic rings. The van der Waals surface area contributed by atoms with Crippen LogP contribution in [0, 0.1) is 22.7 Å². The van der Waals surface area contributed by atoms with Crippen molar-refractivity contribution in [2.24, 2.45) is 16.7 Å². The van der Waals surface area contributed by atoms with Crippen LogP contribution in [0.2, 0.25) is 0 Å². The van der Waals surface area contributed by atoms with Gasteiger partial charge in [0.1, 0.15) is 0 Å². The van der Waals surface area contributed by atoms with E-state index < -0.39 is 40.6 Å². The topological polar surface area (TPSA) is 131 Å². The van der Waals surface area contributed by atoms with Gasteiger partial charge in [-0.25, -0.2) is 4.98 Å². The monoisotopic (exact) mass is 742 g/mol. The Morgan fingerprint density at radius 1 is 0.667 bits per heavy atom. The molecule has 0 amide bonds. The lowest BCUT2D eigenvalue weighted by molar-refractivity contribution is -0.293. The van der Waals surface area contributed by atoms with Crippen molar-refractivity contribution in [3.8, 4) is 0 Å². The van der Waals surface area contributed by atoms with Crippen LogP contribution in [0.1, 0.15) is 84.0 Å². The predicted octanol–water partition coefficient (Wildman–Crippen LogP) is 7.67. The Labute approximate surface area is 292 Å². The minimum absolute atomic E-state index is 0.250. The van der Waals surface area contributed by atoms with E-state index in [9.17, 15) is 30.7 Å². The van der Waals surface area contributed by atoms with Crippen molar-refractivity contribution >= 4 is 12.3 Å². The molecule has 10 nitrogen and oxygen atoms in total. The highest BCUT2D eigenvalue weighted by molar-refractivity contribution is 5.32. The van der Waals surface area contributed by atoms with E-state index in [0.29, 0.717) is 36.1 Å². The van der Waals surface area contributed by atoms with Gasteiger partial charge >= 0.3 is 24.7 Å². The van der Waals surface area contributed by atoms with E-state index in [2.05, 4.69) is 30.7 Å². The van der Waals surface area contributed by atoms with Crippen molar-refractivity contribution in [3.05, 3.63) is 59.4 Å². The molecule has 2 aromatic heterocycles. The van der Waals surface area contributed by atoms with Crippen molar-refractivity contribution in [1.29, 1.82) is 0 Å². The minimum atomic E-state index is -4.50. The third-order valence-electron chi connectivity index (χ3n) is 9.04. The molecule has 0 N–H and O–H groups in total. The van der Waals surface area contributed by atoms with Crippen LogP contribution in [-0.4, -0.2) is 62.3 Å². The van der Waals surface area contributed by atoms with Crippen molar-refractivity contribution in [1.82, 2.24) is 9.97 Å². The van der Waals surface area contributed by atoms with Crippen LogP contribution >= 0.6 is 0 Å². The highest BCUT2D eigenvalue weighted by Gasteiger charge is 2.62. The van der Waals surface area contributed by atoms with Gasteiger partial charge in [0.15, 0.2) is 11.6 Å². The summed E-state index contributed by atoms with van der Waals surface area (Å²) in [5.41, 5.74) is -1.65. The number of nitrogens with zero attached hydrogens (tertiary/aromatic N) is 2. The quantitative estimate of drug-likeness (QED) is 0.171. The van der Waals surface area contributed by atoms with Crippen LogP contribution in [-0.2, 0) is 55.9 Å². The lowest BCUT2D eigenvalue weighted by Crippen LogP contribution is -2.62. The standard InChI is InChI=1S/C16H22F3NO2.C10H20O2.C6H3F4N.2CO2/c1-13(2,3)14(9-15(10-14,21-4)22-5)12-8-11(6-7-20-12)16(17,18)19;1-9(2,3)8-6-10(7-8,11-4)12-5;7-5-3-4(1-2-11-5)6(8,9)10;2*2-1-3/h6-8H,9-10H2,1-5H3;8H,6-7H2,1-5H3;1-3H;;. The summed E-state index contributed by atoms with van der Waals surface area (Å²) in [5, 5.41) is 0. The van der Waals surface area contributed by atoms with Gasteiger partial charge in [-0.3, -0.25) is 4.98 Å². The second kappa shape index (κ2) is 18.8. The van der Waals surface area contributed by atoms with Crippen LogP contribution in [0.25, 0.3) is 0 Å². The number of methoxy groups -OCH3 is 4. The Bertz CT molecular complexity index is 1410. The second-order valence-electron chi connectivity index (χ2n) is 13.8. The number of halogens is 7. The summed E-state index contributed by atoms with van der Waals surface area (Å²) >= 11 is 0. The molecule has 51 heavy (non-hydrogen) atoms. The van der Waals surface area contributed by atoms with Gasteiger partial charge in [0.05, 0.1) is 11.1 Å². The third-order valence-corrected chi connectivity index (χ3v) is 9.04. The average molecular weight is 743 g/mol. The molecule has 17 heteroatoms. The average Bonchev–Trinajstić information content (AvgIpc) is 2.97. The zero-order valence-corrected chi connectivity index (χ0v) is 30.2. The smallest absolute Gasteiger partial charge is 0.353 e. The molecular formula is C34H45F7N2O8. The van der Waals surface area contributed by atoms with E-state index in [1.54, 1.807) is 28.4 Å². The van der Waals surface area contributed by atoms with E-state index in [0.717, 1.165) is 37.1 Å². The van der Waals surface area contributed by atoms with Crippen LogP contribution in [0.3, 0.4) is 0 Å². The number of alkyl halides is 6. The highest BCUT2D eigenvalue weighted by atomic mass is 19.4. The maximum absolute atomic E-state index is 13.0. The summed E-state index contributed by atoms with van der Waals surface area (Å²) in [6.07, 6.45) is -3.35. The molecule has 2 aromatic rings. The summed E-state index contributed by atoms with van der Waals surface area (Å²) in [6, 6.07) is 3.21. The van der Waals surface area contributed by atoms with E-state index in [1.165, 1.54) is 6.20 Å². The molecule has 2 fully saturated rings. The molecule has 4 rings (SSSR count). The van der Waals surface area contributed by atoms with Crippen molar-refractivity contribution in [2.45, 2.75) is 96.6 Å².